The van der Waals surface area contributed by atoms with Crippen LogP contribution in [0.4, 0.5) is 19.3 Å². The maximum Gasteiger partial charge on any atom is 0.325 e. The average Bonchev–Trinajstić information content (AvgIpc) is 2.88. The highest BCUT2D eigenvalue weighted by Gasteiger charge is 2.50. The smallest absolute Gasteiger partial charge is 0.324 e. The standard InChI is InChI=1S/C20H17F2N3O4/c1-11(26)13-5-3-4-6-16(13)23-17(27)10-25-18(28)20(2,24-19(25)29)14-9-12(21)7-8-15(14)22/h3-9H,10H2,1-2H3,(H,23,27)(H,24,29). The highest BCUT2D eigenvalue weighted by atomic mass is 19.1. The fourth-order valence-electron chi connectivity index (χ4n) is 3.14. The number of Topliss-reactive ketones (excluding diaryl/α,β-unsaturated/α-hetero) is 1. The number of rotatable bonds is 5. The number of halogens is 2. The van der Waals surface area contributed by atoms with E-state index in [9.17, 15) is 28.0 Å². The summed E-state index contributed by atoms with van der Waals surface area (Å²) in [6.45, 7) is 1.90. The van der Waals surface area contributed by atoms with E-state index in [0.29, 0.717) is 4.90 Å². The second kappa shape index (κ2) is 7.42. The lowest BCUT2D eigenvalue weighted by Crippen LogP contribution is -2.42. The van der Waals surface area contributed by atoms with Crippen molar-refractivity contribution in [3.8, 4) is 0 Å². The summed E-state index contributed by atoms with van der Waals surface area (Å²) < 4.78 is 27.7. The summed E-state index contributed by atoms with van der Waals surface area (Å²) in [6.07, 6.45) is 0. The second-order valence-corrected chi connectivity index (χ2v) is 6.72. The third-order valence-electron chi connectivity index (χ3n) is 4.62. The molecule has 0 saturated carbocycles. The van der Waals surface area contributed by atoms with Gasteiger partial charge in [0.1, 0.15) is 23.7 Å². The van der Waals surface area contributed by atoms with Crippen LogP contribution in [0.5, 0.6) is 0 Å². The van der Waals surface area contributed by atoms with Gasteiger partial charge in [0.15, 0.2) is 5.78 Å². The molecular formula is C20H17F2N3O4. The molecule has 2 aromatic rings. The van der Waals surface area contributed by atoms with Crippen LogP contribution >= 0.6 is 0 Å². The molecule has 0 bridgehead atoms. The van der Waals surface area contributed by atoms with E-state index in [1.54, 1.807) is 12.1 Å². The molecule has 1 saturated heterocycles. The van der Waals surface area contributed by atoms with Crippen molar-refractivity contribution in [1.82, 2.24) is 10.2 Å². The van der Waals surface area contributed by atoms with Gasteiger partial charge in [-0.2, -0.15) is 0 Å². The molecule has 0 aliphatic carbocycles. The van der Waals surface area contributed by atoms with Crippen molar-refractivity contribution in [1.29, 1.82) is 0 Å². The number of nitrogens with zero attached hydrogens (tertiary/aromatic N) is 1. The number of ketones is 1. The summed E-state index contributed by atoms with van der Waals surface area (Å²) in [4.78, 5) is 49.7. The van der Waals surface area contributed by atoms with Crippen molar-refractivity contribution in [2.45, 2.75) is 19.4 Å². The van der Waals surface area contributed by atoms with Crippen LogP contribution in [0.15, 0.2) is 42.5 Å². The quantitative estimate of drug-likeness (QED) is 0.595. The predicted octanol–water partition coefficient (Wildman–Crippen LogP) is 2.57. The van der Waals surface area contributed by atoms with E-state index >= 15 is 0 Å². The molecule has 2 aromatic carbocycles. The van der Waals surface area contributed by atoms with Gasteiger partial charge in [0.05, 0.1) is 5.69 Å². The van der Waals surface area contributed by atoms with Gasteiger partial charge >= 0.3 is 6.03 Å². The van der Waals surface area contributed by atoms with Crippen LogP contribution < -0.4 is 10.6 Å². The van der Waals surface area contributed by atoms with E-state index < -0.39 is 41.6 Å². The number of benzene rings is 2. The summed E-state index contributed by atoms with van der Waals surface area (Å²) in [6, 6.07) is 7.91. The molecule has 1 aliphatic rings. The molecule has 1 heterocycles. The number of amides is 4. The Labute approximate surface area is 164 Å². The Kier molecular flexibility index (Phi) is 5.15. The summed E-state index contributed by atoms with van der Waals surface area (Å²) in [7, 11) is 0. The van der Waals surface area contributed by atoms with Gasteiger partial charge in [0, 0.05) is 11.1 Å². The van der Waals surface area contributed by atoms with E-state index in [0.717, 1.165) is 18.2 Å². The van der Waals surface area contributed by atoms with Crippen molar-refractivity contribution in [3.05, 3.63) is 65.2 Å². The Morgan fingerprint density at radius 3 is 2.52 bits per heavy atom. The molecule has 1 aliphatic heterocycles. The van der Waals surface area contributed by atoms with Crippen LogP contribution in [0.1, 0.15) is 29.8 Å². The molecule has 4 amide bonds. The predicted molar refractivity (Wildman–Crippen MR) is 99.0 cm³/mol. The van der Waals surface area contributed by atoms with E-state index in [1.807, 2.05) is 0 Å². The van der Waals surface area contributed by atoms with Gasteiger partial charge in [-0.1, -0.05) is 12.1 Å². The molecule has 29 heavy (non-hydrogen) atoms. The number of hydrogen-bond donors (Lipinski definition) is 2. The first-order valence-corrected chi connectivity index (χ1v) is 8.63. The number of carbonyl (C=O) groups excluding carboxylic acids is 4. The van der Waals surface area contributed by atoms with Crippen molar-refractivity contribution in [2.75, 3.05) is 11.9 Å². The van der Waals surface area contributed by atoms with Crippen molar-refractivity contribution >= 4 is 29.3 Å². The monoisotopic (exact) mass is 401 g/mol. The molecule has 1 atom stereocenters. The number of para-hydroxylation sites is 1. The zero-order chi connectivity index (χ0) is 21.3. The van der Waals surface area contributed by atoms with Gasteiger partial charge in [0.2, 0.25) is 5.91 Å². The lowest BCUT2D eigenvalue weighted by molar-refractivity contribution is -0.133. The minimum Gasteiger partial charge on any atom is -0.324 e. The van der Waals surface area contributed by atoms with Crippen LogP contribution in [0, 0.1) is 11.6 Å². The minimum atomic E-state index is -1.86. The van der Waals surface area contributed by atoms with Gasteiger partial charge in [0.25, 0.3) is 5.91 Å². The molecule has 7 nitrogen and oxygen atoms in total. The van der Waals surface area contributed by atoms with Gasteiger partial charge in [-0.25, -0.2) is 13.6 Å². The number of nitrogens with one attached hydrogen (secondary N) is 2. The average molecular weight is 401 g/mol. The Morgan fingerprint density at radius 1 is 1.14 bits per heavy atom. The van der Waals surface area contributed by atoms with E-state index in [4.69, 9.17) is 0 Å². The topological polar surface area (TPSA) is 95.6 Å². The first-order chi connectivity index (χ1) is 13.6. The number of imide groups is 1. The van der Waals surface area contributed by atoms with Gasteiger partial charge in [-0.15, -0.1) is 0 Å². The highest BCUT2D eigenvalue weighted by molar-refractivity contribution is 6.11. The fraction of sp³-hybridized carbons (Fsp3) is 0.200. The number of urea groups is 1. The summed E-state index contributed by atoms with van der Waals surface area (Å²) in [5, 5.41) is 4.79. The van der Waals surface area contributed by atoms with Crippen LogP contribution in [0.2, 0.25) is 0 Å². The Balaban J connectivity index is 1.81. The molecule has 3 rings (SSSR count). The first-order valence-electron chi connectivity index (χ1n) is 8.63. The second-order valence-electron chi connectivity index (χ2n) is 6.72. The van der Waals surface area contributed by atoms with Gasteiger partial charge < -0.3 is 10.6 Å². The minimum absolute atomic E-state index is 0.232. The lowest BCUT2D eigenvalue weighted by Gasteiger charge is -2.22. The largest absolute Gasteiger partial charge is 0.325 e. The Morgan fingerprint density at radius 2 is 1.83 bits per heavy atom. The maximum absolute atomic E-state index is 14.2. The molecular weight excluding hydrogens is 384 g/mol. The van der Waals surface area contributed by atoms with E-state index in [2.05, 4.69) is 10.6 Å². The molecule has 1 unspecified atom stereocenters. The number of hydrogen-bond acceptors (Lipinski definition) is 4. The van der Waals surface area contributed by atoms with Crippen LogP contribution in [0.3, 0.4) is 0 Å². The SMILES string of the molecule is CC(=O)c1ccccc1NC(=O)CN1C(=O)NC(C)(c2cc(F)ccc2F)C1=O. The number of carbonyl (C=O) groups is 4. The van der Waals surface area contributed by atoms with Gasteiger partial charge in [-0.05, 0) is 44.2 Å². The zero-order valence-corrected chi connectivity index (χ0v) is 15.6. The maximum atomic E-state index is 14.2. The van der Waals surface area contributed by atoms with E-state index in [1.165, 1.54) is 26.0 Å². The summed E-state index contributed by atoms with van der Waals surface area (Å²) >= 11 is 0. The van der Waals surface area contributed by atoms with E-state index in [-0.39, 0.29) is 22.6 Å². The third-order valence-corrected chi connectivity index (χ3v) is 4.62. The Bertz CT molecular complexity index is 1040. The molecule has 0 radical (unpaired) electrons. The highest BCUT2D eigenvalue weighted by Crippen LogP contribution is 2.31. The molecule has 1 fully saturated rings. The zero-order valence-electron chi connectivity index (χ0n) is 15.6. The summed E-state index contributed by atoms with van der Waals surface area (Å²) in [5.74, 6) is -3.55. The van der Waals surface area contributed by atoms with Crippen LogP contribution in [0.25, 0.3) is 0 Å². The van der Waals surface area contributed by atoms with Crippen LogP contribution in [-0.2, 0) is 15.1 Å². The van der Waals surface area contributed by atoms with Crippen molar-refractivity contribution in [3.63, 3.8) is 0 Å². The molecule has 2 N–H and O–H groups in total. The first kappa shape index (κ1) is 20.1. The van der Waals surface area contributed by atoms with Crippen molar-refractivity contribution < 1.29 is 28.0 Å². The van der Waals surface area contributed by atoms with Crippen LogP contribution in [-0.4, -0.2) is 35.1 Å². The lowest BCUT2D eigenvalue weighted by atomic mass is 9.91. The molecule has 150 valence electrons. The van der Waals surface area contributed by atoms with Gasteiger partial charge in [-0.3, -0.25) is 19.3 Å². The van der Waals surface area contributed by atoms with Crippen molar-refractivity contribution in [2.24, 2.45) is 0 Å². The fourth-order valence-corrected chi connectivity index (χ4v) is 3.14. The molecule has 0 aromatic heterocycles. The molecule has 0 spiro atoms. The summed E-state index contributed by atoms with van der Waals surface area (Å²) in [5.41, 5.74) is -1.71. The number of anilines is 1. The Hall–Kier alpha value is -3.62. The molecule has 9 heteroatoms. The normalized spacial score (nSPS) is 18.6. The third kappa shape index (κ3) is 3.71.